The molecule has 36 heavy (non-hydrogen) atoms. The average Bonchev–Trinajstić information content (AvgIpc) is 3.16. The van der Waals surface area contributed by atoms with Crippen LogP contribution in [0.25, 0.3) is 10.9 Å². The van der Waals surface area contributed by atoms with Crippen molar-refractivity contribution in [2.45, 2.75) is 39.7 Å². The molecular formula is C22H22F3N3O6S2. The number of rotatable bonds is 5. The summed E-state index contributed by atoms with van der Waals surface area (Å²) in [5.41, 5.74) is -1.68. The van der Waals surface area contributed by atoms with Crippen molar-refractivity contribution in [2.24, 2.45) is 7.05 Å². The molecule has 0 aliphatic carbocycles. The third-order valence-corrected chi connectivity index (χ3v) is 9.41. The van der Waals surface area contributed by atoms with E-state index in [0.29, 0.717) is 6.07 Å². The number of hydrogen-bond donors (Lipinski definition) is 2. The first-order chi connectivity index (χ1) is 16.7. The number of nitrogens with zero attached hydrogens (tertiary/aromatic N) is 2. The van der Waals surface area contributed by atoms with Crippen LogP contribution >= 0.6 is 0 Å². The number of carbonyl (C=O) groups is 1. The fourth-order valence-electron chi connectivity index (χ4n) is 4.33. The highest BCUT2D eigenvalue weighted by Gasteiger charge is 2.39. The fourth-order valence-corrected chi connectivity index (χ4v) is 7.42. The highest BCUT2D eigenvalue weighted by molar-refractivity contribution is 7.91. The number of hydrogen-bond acceptors (Lipinski definition) is 5. The van der Waals surface area contributed by atoms with Crippen molar-refractivity contribution in [1.82, 2.24) is 14.2 Å². The van der Waals surface area contributed by atoms with Crippen molar-refractivity contribution in [3.8, 4) is 0 Å². The smallest absolute Gasteiger partial charge is 0.417 e. The van der Waals surface area contributed by atoms with Crippen LogP contribution in [0, 0.1) is 0 Å². The fraction of sp³-hybridized carbons (Fsp3) is 0.318. The number of fused-ring (bicyclic) bond motifs is 1. The Morgan fingerprint density at radius 2 is 1.61 bits per heavy atom. The number of aromatic nitrogens is 1. The van der Waals surface area contributed by atoms with Gasteiger partial charge in [0.25, 0.3) is 0 Å². The molecule has 2 N–H and O–H groups in total. The Morgan fingerprint density at radius 1 is 1.00 bits per heavy atom. The highest BCUT2D eigenvalue weighted by atomic mass is 32.2. The number of carboxylic acid groups (broad SMARTS) is 1. The molecule has 1 amide bonds. The first-order valence-electron chi connectivity index (χ1n) is 10.7. The molecule has 1 saturated heterocycles. The number of aryl methyl sites for hydroxylation is 1. The molecule has 0 bridgehead atoms. The summed E-state index contributed by atoms with van der Waals surface area (Å²) in [7, 11) is -7.56. The molecule has 194 valence electrons. The van der Waals surface area contributed by atoms with Gasteiger partial charge in [0.15, 0.2) is 0 Å². The second-order valence-electron chi connectivity index (χ2n) is 8.42. The Bertz CT molecular complexity index is 1530. The van der Waals surface area contributed by atoms with E-state index in [9.17, 15) is 34.8 Å². The largest absolute Gasteiger partial charge is 0.465 e. The van der Waals surface area contributed by atoms with E-state index in [-0.39, 0.29) is 30.8 Å². The minimum absolute atomic E-state index is 0.0608. The van der Waals surface area contributed by atoms with Crippen LogP contribution in [0.3, 0.4) is 0 Å². The molecule has 1 fully saturated rings. The van der Waals surface area contributed by atoms with E-state index in [2.05, 4.69) is 4.72 Å². The summed E-state index contributed by atoms with van der Waals surface area (Å²) < 4.78 is 98.6. The lowest BCUT2D eigenvalue weighted by atomic mass is 10.1. The normalized spacial score (nSPS) is 15.9. The molecule has 0 saturated carbocycles. The molecule has 14 heteroatoms. The summed E-state index contributed by atoms with van der Waals surface area (Å²) in [6.45, 7) is 0.122. The quantitative estimate of drug-likeness (QED) is 0.506. The summed E-state index contributed by atoms with van der Waals surface area (Å²) in [5.74, 6) is 0. The zero-order valence-corrected chi connectivity index (χ0v) is 20.5. The summed E-state index contributed by atoms with van der Waals surface area (Å²) in [6, 6.07) is 7.81. The van der Waals surface area contributed by atoms with E-state index in [1.165, 1.54) is 31.3 Å². The van der Waals surface area contributed by atoms with Gasteiger partial charge in [-0.1, -0.05) is 18.2 Å². The van der Waals surface area contributed by atoms with Crippen molar-refractivity contribution >= 4 is 36.9 Å². The van der Waals surface area contributed by atoms with Crippen LogP contribution in [-0.4, -0.2) is 56.6 Å². The Morgan fingerprint density at radius 3 is 2.17 bits per heavy atom. The number of nitrogens with one attached hydrogen (secondary N) is 1. The molecule has 0 unspecified atom stereocenters. The van der Waals surface area contributed by atoms with Crippen molar-refractivity contribution in [1.29, 1.82) is 0 Å². The summed E-state index contributed by atoms with van der Waals surface area (Å²) in [4.78, 5) is 10.9. The number of sulfone groups is 1. The van der Waals surface area contributed by atoms with E-state index in [1.54, 1.807) is 6.07 Å². The molecule has 0 atom stereocenters. The van der Waals surface area contributed by atoms with Crippen LogP contribution in [0.15, 0.2) is 63.3 Å². The zero-order chi connectivity index (χ0) is 26.5. The third-order valence-electron chi connectivity index (χ3n) is 6.08. The van der Waals surface area contributed by atoms with Crippen molar-refractivity contribution in [3.05, 3.63) is 54.2 Å². The van der Waals surface area contributed by atoms with Crippen LogP contribution in [0.2, 0.25) is 0 Å². The maximum Gasteiger partial charge on any atom is 0.417 e. The highest BCUT2D eigenvalue weighted by Crippen LogP contribution is 2.42. The van der Waals surface area contributed by atoms with Gasteiger partial charge >= 0.3 is 12.3 Å². The predicted octanol–water partition coefficient (Wildman–Crippen LogP) is 3.45. The molecular weight excluding hydrogens is 523 g/mol. The van der Waals surface area contributed by atoms with Gasteiger partial charge in [0.1, 0.15) is 4.90 Å². The van der Waals surface area contributed by atoms with Gasteiger partial charge in [-0.3, -0.25) is 0 Å². The third kappa shape index (κ3) is 4.67. The lowest BCUT2D eigenvalue weighted by Gasteiger charge is -2.30. The molecule has 0 spiro atoms. The summed E-state index contributed by atoms with van der Waals surface area (Å²) in [5, 5.41) is 8.31. The van der Waals surface area contributed by atoms with Gasteiger partial charge in [-0.25, -0.2) is 26.4 Å². The lowest BCUT2D eigenvalue weighted by Crippen LogP contribution is -2.46. The molecule has 1 aromatic heterocycles. The number of likely N-dealkylation sites (tertiary alicyclic amines) is 1. The summed E-state index contributed by atoms with van der Waals surface area (Å²) in [6.07, 6.45) is -4.89. The van der Waals surface area contributed by atoms with Gasteiger partial charge < -0.3 is 14.6 Å². The van der Waals surface area contributed by atoms with Crippen LogP contribution < -0.4 is 4.72 Å². The van der Waals surface area contributed by atoms with Crippen molar-refractivity contribution in [3.63, 3.8) is 0 Å². The van der Waals surface area contributed by atoms with Crippen LogP contribution in [-0.2, 0) is 33.1 Å². The average molecular weight is 546 g/mol. The predicted molar refractivity (Wildman–Crippen MR) is 123 cm³/mol. The van der Waals surface area contributed by atoms with Crippen LogP contribution in [0.1, 0.15) is 18.4 Å². The standard InChI is InChI=1S/C22H22F3N3O6S2/c1-27-13-18(36(33,34)26-14-9-11-28(12-10-14)21(29)30)19-16(22(23,24)25)7-8-17(20(19)27)35(31,32)15-5-3-2-4-6-15/h2-8,13-14,26H,9-12H2,1H3,(H,29,30). The SMILES string of the molecule is Cn1cc(S(=O)(=O)NC2CCN(C(=O)O)CC2)c2c(C(F)(F)F)ccc(S(=O)(=O)c3ccccc3)c21. The van der Waals surface area contributed by atoms with Gasteiger partial charge in [-0.05, 0) is 37.1 Å². The number of sulfonamides is 1. The minimum atomic E-state index is -4.97. The van der Waals surface area contributed by atoms with Crippen molar-refractivity contribution in [2.75, 3.05) is 13.1 Å². The Labute approximate surface area is 205 Å². The van der Waals surface area contributed by atoms with E-state index in [1.807, 2.05) is 0 Å². The topological polar surface area (TPSA) is 126 Å². The lowest BCUT2D eigenvalue weighted by molar-refractivity contribution is -0.136. The Hall–Kier alpha value is -3.10. The van der Waals surface area contributed by atoms with Crippen LogP contribution in [0.4, 0.5) is 18.0 Å². The Balaban J connectivity index is 1.86. The van der Waals surface area contributed by atoms with Gasteiger partial charge in [0.2, 0.25) is 19.9 Å². The molecule has 9 nitrogen and oxygen atoms in total. The molecule has 3 aromatic rings. The van der Waals surface area contributed by atoms with Gasteiger partial charge in [0, 0.05) is 37.8 Å². The van der Waals surface area contributed by atoms with E-state index in [0.717, 1.165) is 21.7 Å². The number of benzene rings is 2. The van der Waals surface area contributed by atoms with E-state index < -0.39 is 64.4 Å². The number of amides is 1. The van der Waals surface area contributed by atoms with Gasteiger partial charge in [-0.15, -0.1) is 0 Å². The molecule has 1 aliphatic rings. The van der Waals surface area contributed by atoms with Crippen molar-refractivity contribution < 1.29 is 39.9 Å². The molecule has 4 rings (SSSR count). The minimum Gasteiger partial charge on any atom is -0.465 e. The molecule has 2 heterocycles. The number of piperidine rings is 1. The zero-order valence-electron chi connectivity index (χ0n) is 18.9. The van der Waals surface area contributed by atoms with E-state index in [4.69, 9.17) is 5.11 Å². The monoisotopic (exact) mass is 545 g/mol. The molecule has 0 radical (unpaired) electrons. The molecule has 1 aliphatic heterocycles. The molecule has 2 aromatic carbocycles. The number of alkyl halides is 3. The first kappa shape index (κ1) is 26.0. The maximum absolute atomic E-state index is 14.0. The second-order valence-corrected chi connectivity index (χ2v) is 12.0. The van der Waals surface area contributed by atoms with Crippen LogP contribution in [0.5, 0.6) is 0 Å². The Kier molecular flexibility index (Phi) is 6.56. The second kappa shape index (κ2) is 9.09. The number of halogens is 3. The van der Waals surface area contributed by atoms with E-state index >= 15 is 0 Å². The van der Waals surface area contributed by atoms with Gasteiger partial charge in [-0.2, -0.15) is 13.2 Å². The first-order valence-corrected chi connectivity index (χ1v) is 13.7. The van der Waals surface area contributed by atoms with Gasteiger partial charge in [0.05, 0.1) is 20.9 Å². The summed E-state index contributed by atoms with van der Waals surface area (Å²) >= 11 is 0. The maximum atomic E-state index is 14.0.